The topological polar surface area (TPSA) is 64.3 Å². The molecule has 0 heterocycles. The fourth-order valence-electron chi connectivity index (χ4n) is 3.26. The van der Waals surface area contributed by atoms with Gasteiger partial charge in [0.2, 0.25) is 5.91 Å². The van der Waals surface area contributed by atoms with Crippen molar-refractivity contribution >= 4 is 11.6 Å². The van der Waals surface area contributed by atoms with Crippen molar-refractivity contribution in [3.8, 4) is 5.75 Å². The summed E-state index contributed by atoms with van der Waals surface area (Å²) in [5.74, 6) is 0.620. The molecule has 20 heavy (non-hydrogen) atoms. The predicted octanol–water partition coefficient (Wildman–Crippen LogP) is 2.81. The van der Waals surface area contributed by atoms with Crippen LogP contribution in [0.2, 0.25) is 0 Å². The average molecular weight is 276 g/mol. The molecule has 0 saturated heterocycles. The Morgan fingerprint density at radius 1 is 1.35 bits per heavy atom. The molecule has 2 rings (SSSR count). The molecule has 1 aliphatic carbocycles. The number of carbonyl (C=O) groups excluding carboxylic acids is 1. The van der Waals surface area contributed by atoms with E-state index < -0.39 is 0 Å². The van der Waals surface area contributed by atoms with Crippen LogP contribution < -0.4 is 15.8 Å². The number of nitrogens with two attached hydrogens (primary N) is 1. The van der Waals surface area contributed by atoms with Crippen molar-refractivity contribution in [3.63, 3.8) is 0 Å². The third kappa shape index (κ3) is 2.80. The van der Waals surface area contributed by atoms with Crippen molar-refractivity contribution < 1.29 is 9.53 Å². The first-order chi connectivity index (χ1) is 9.63. The normalized spacial score (nSPS) is 17.6. The summed E-state index contributed by atoms with van der Waals surface area (Å²) in [5, 5.41) is 2.93. The first-order valence-corrected chi connectivity index (χ1v) is 7.28. The Hall–Kier alpha value is -1.55. The Labute approximate surface area is 120 Å². The second kappa shape index (κ2) is 6.27. The van der Waals surface area contributed by atoms with Gasteiger partial charge in [-0.2, -0.15) is 0 Å². The minimum Gasteiger partial charge on any atom is -0.495 e. The molecule has 1 fully saturated rings. The number of hydrogen-bond acceptors (Lipinski definition) is 3. The van der Waals surface area contributed by atoms with Crippen LogP contribution in [-0.2, 0) is 10.2 Å². The fourth-order valence-corrected chi connectivity index (χ4v) is 3.26. The van der Waals surface area contributed by atoms with Gasteiger partial charge in [-0.05, 0) is 24.5 Å². The van der Waals surface area contributed by atoms with Crippen LogP contribution in [-0.4, -0.2) is 19.6 Å². The van der Waals surface area contributed by atoms with E-state index in [9.17, 15) is 4.79 Å². The van der Waals surface area contributed by atoms with Crippen molar-refractivity contribution in [1.82, 2.24) is 0 Å². The third-order valence-corrected chi connectivity index (χ3v) is 4.32. The van der Waals surface area contributed by atoms with Gasteiger partial charge in [-0.15, -0.1) is 0 Å². The third-order valence-electron chi connectivity index (χ3n) is 4.32. The minimum atomic E-state index is -0.0845. The Bertz CT molecular complexity index is 479. The number of methoxy groups -OCH3 is 1. The van der Waals surface area contributed by atoms with Gasteiger partial charge in [0.05, 0.1) is 12.8 Å². The average Bonchev–Trinajstić information content (AvgIpc) is 2.47. The van der Waals surface area contributed by atoms with E-state index in [1.165, 1.54) is 26.2 Å². The quantitative estimate of drug-likeness (QED) is 0.888. The molecule has 3 N–H and O–H groups in total. The van der Waals surface area contributed by atoms with Crippen molar-refractivity contribution in [2.24, 2.45) is 5.73 Å². The maximum atomic E-state index is 11.5. The number of rotatable bonds is 4. The van der Waals surface area contributed by atoms with E-state index >= 15 is 0 Å². The van der Waals surface area contributed by atoms with Crippen molar-refractivity contribution in [2.75, 3.05) is 19.0 Å². The molecule has 1 aromatic rings. The lowest BCUT2D eigenvalue weighted by Crippen LogP contribution is -2.38. The summed E-state index contributed by atoms with van der Waals surface area (Å²) in [6, 6.07) is 5.93. The lowest BCUT2D eigenvalue weighted by Gasteiger charge is -2.38. The SMILES string of the molecule is COc1cccc(C2(CN)CCCCC2)c1NC(C)=O. The zero-order valence-electron chi connectivity index (χ0n) is 12.4. The first-order valence-electron chi connectivity index (χ1n) is 7.28. The molecule has 4 nitrogen and oxygen atoms in total. The van der Waals surface area contributed by atoms with Crippen LogP contribution >= 0.6 is 0 Å². The molecule has 1 saturated carbocycles. The van der Waals surface area contributed by atoms with Gasteiger partial charge < -0.3 is 15.8 Å². The van der Waals surface area contributed by atoms with Crippen molar-refractivity contribution in [2.45, 2.75) is 44.4 Å². The zero-order chi connectivity index (χ0) is 14.6. The van der Waals surface area contributed by atoms with Gasteiger partial charge >= 0.3 is 0 Å². The minimum absolute atomic E-state index is 0.0371. The molecule has 0 aliphatic heterocycles. The summed E-state index contributed by atoms with van der Waals surface area (Å²) in [5.41, 5.74) is 7.98. The number of amides is 1. The van der Waals surface area contributed by atoms with E-state index in [-0.39, 0.29) is 11.3 Å². The predicted molar refractivity (Wildman–Crippen MR) is 81.1 cm³/mol. The Morgan fingerprint density at radius 2 is 2.05 bits per heavy atom. The number of benzene rings is 1. The number of nitrogens with one attached hydrogen (secondary N) is 1. The van der Waals surface area contributed by atoms with Crippen LogP contribution in [0, 0.1) is 0 Å². The van der Waals surface area contributed by atoms with Gasteiger partial charge in [-0.25, -0.2) is 0 Å². The van der Waals surface area contributed by atoms with Gasteiger partial charge in [0.25, 0.3) is 0 Å². The molecule has 0 unspecified atom stereocenters. The maximum Gasteiger partial charge on any atom is 0.221 e. The molecule has 1 amide bonds. The largest absolute Gasteiger partial charge is 0.495 e. The smallest absolute Gasteiger partial charge is 0.221 e. The van der Waals surface area contributed by atoms with E-state index in [4.69, 9.17) is 10.5 Å². The molecule has 4 heteroatoms. The molecule has 110 valence electrons. The summed E-state index contributed by atoms with van der Waals surface area (Å²) < 4.78 is 5.41. The second-order valence-electron chi connectivity index (χ2n) is 5.61. The number of hydrogen-bond donors (Lipinski definition) is 2. The lowest BCUT2D eigenvalue weighted by atomic mass is 9.69. The highest BCUT2D eigenvalue weighted by Crippen LogP contribution is 2.44. The van der Waals surface area contributed by atoms with Gasteiger partial charge in [0.15, 0.2) is 0 Å². The molecule has 0 spiro atoms. The molecular weight excluding hydrogens is 252 g/mol. The Kier molecular flexibility index (Phi) is 4.65. The van der Waals surface area contributed by atoms with Crippen molar-refractivity contribution in [1.29, 1.82) is 0 Å². The first kappa shape index (κ1) is 14.9. The van der Waals surface area contributed by atoms with Crippen LogP contribution in [0.4, 0.5) is 5.69 Å². The van der Waals surface area contributed by atoms with Gasteiger partial charge in [-0.1, -0.05) is 31.4 Å². The molecule has 0 atom stereocenters. The van der Waals surface area contributed by atoms with Crippen LogP contribution in [0.5, 0.6) is 5.75 Å². The Morgan fingerprint density at radius 3 is 2.60 bits per heavy atom. The van der Waals surface area contributed by atoms with Gasteiger partial charge in [0, 0.05) is 18.9 Å². The number of anilines is 1. The van der Waals surface area contributed by atoms with E-state index in [1.807, 2.05) is 12.1 Å². The van der Waals surface area contributed by atoms with E-state index in [0.29, 0.717) is 12.3 Å². The van der Waals surface area contributed by atoms with E-state index in [1.54, 1.807) is 7.11 Å². The van der Waals surface area contributed by atoms with Crippen molar-refractivity contribution in [3.05, 3.63) is 23.8 Å². The fraction of sp³-hybridized carbons (Fsp3) is 0.562. The van der Waals surface area contributed by atoms with Crippen LogP contribution in [0.1, 0.15) is 44.6 Å². The maximum absolute atomic E-state index is 11.5. The van der Waals surface area contributed by atoms with Gasteiger partial charge in [0.1, 0.15) is 5.75 Å². The molecule has 1 aliphatic rings. The molecule has 1 aromatic carbocycles. The summed E-state index contributed by atoms with van der Waals surface area (Å²) in [4.78, 5) is 11.5. The highest BCUT2D eigenvalue weighted by molar-refractivity contribution is 5.91. The molecule has 0 aromatic heterocycles. The molecule has 0 bridgehead atoms. The van der Waals surface area contributed by atoms with Gasteiger partial charge in [-0.3, -0.25) is 4.79 Å². The van der Waals surface area contributed by atoms with E-state index in [0.717, 1.165) is 24.1 Å². The lowest BCUT2D eigenvalue weighted by molar-refractivity contribution is -0.114. The van der Waals surface area contributed by atoms with Crippen LogP contribution in [0.3, 0.4) is 0 Å². The van der Waals surface area contributed by atoms with E-state index in [2.05, 4.69) is 11.4 Å². The number of ether oxygens (including phenoxy) is 1. The molecule has 0 radical (unpaired) electrons. The number of para-hydroxylation sites is 1. The standard InChI is InChI=1S/C16H24N2O2/c1-12(19)18-15-13(7-6-8-14(15)20-2)16(11-17)9-4-3-5-10-16/h6-8H,3-5,9-11,17H2,1-2H3,(H,18,19). The second-order valence-corrected chi connectivity index (χ2v) is 5.61. The highest BCUT2D eigenvalue weighted by Gasteiger charge is 2.35. The van der Waals surface area contributed by atoms with Crippen LogP contribution in [0.15, 0.2) is 18.2 Å². The summed E-state index contributed by atoms with van der Waals surface area (Å²) >= 11 is 0. The summed E-state index contributed by atoms with van der Waals surface area (Å²) in [6.45, 7) is 2.12. The zero-order valence-corrected chi connectivity index (χ0v) is 12.4. The number of carbonyl (C=O) groups is 1. The summed E-state index contributed by atoms with van der Waals surface area (Å²) in [7, 11) is 1.63. The molecular formula is C16H24N2O2. The summed E-state index contributed by atoms with van der Waals surface area (Å²) in [6.07, 6.45) is 5.79. The Balaban J connectivity index is 2.50. The monoisotopic (exact) mass is 276 g/mol. The van der Waals surface area contributed by atoms with Crippen LogP contribution in [0.25, 0.3) is 0 Å². The highest BCUT2D eigenvalue weighted by atomic mass is 16.5.